The van der Waals surface area contributed by atoms with Gasteiger partial charge in [0.2, 0.25) is 0 Å². The number of furan rings is 1. The maximum absolute atomic E-state index is 12.8. The predicted molar refractivity (Wildman–Crippen MR) is 103 cm³/mol. The van der Waals surface area contributed by atoms with Gasteiger partial charge in [-0.15, -0.1) is 0 Å². The molecule has 0 bridgehead atoms. The third-order valence-electron chi connectivity index (χ3n) is 3.23. The Kier molecular flexibility index (Phi) is 4.72. The van der Waals surface area contributed by atoms with Crippen LogP contribution in [0.3, 0.4) is 0 Å². The number of rotatable bonds is 3. The maximum atomic E-state index is 12.8. The number of para-hydroxylation sites is 1. The molecule has 4 nitrogen and oxygen atoms in total. The van der Waals surface area contributed by atoms with Gasteiger partial charge in [-0.25, -0.2) is 0 Å². The molecule has 0 aliphatic carbocycles. The van der Waals surface area contributed by atoms with Gasteiger partial charge in [0.1, 0.15) is 11.8 Å². The Morgan fingerprint density at radius 1 is 1.09 bits per heavy atom. The second kappa shape index (κ2) is 6.60. The highest BCUT2D eigenvalue weighted by Gasteiger charge is 2.19. The molecule has 0 N–H and O–H groups in total. The summed E-state index contributed by atoms with van der Waals surface area (Å²) in [6.07, 6.45) is 1.48. The summed E-state index contributed by atoms with van der Waals surface area (Å²) in [6.45, 7) is 1.35. The highest BCUT2D eigenvalue weighted by atomic mass is 127. The molecule has 23 heavy (non-hydrogen) atoms. The van der Waals surface area contributed by atoms with E-state index in [0.29, 0.717) is 29.6 Å². The molecule has 0 aliphatic heterocycles. The van der Waals surface area contributed by atoms with E-state index in [4.69, 9.17) is 9.15 Å². The second-order valence-electron chi connectivity index (χ2n) is 4.84. The van der Waals surface area contributed by atoms with Crippen molar-refractivity contribution in [1.82, 2.24) is 0 Å². The fourth-order valence-corrected chi connectivity index (χ4v) is 4.23. The molecule has 1 aromatic heterocycles. The number of esters is 1. The fourth-order valence-electron chi connectivity index (χ4n) is 2.24. The predicted octanol–water partition coefficient (Wildman–Crippen LogP) is 4.80. The Bertz CT molecular complexity index is 904. The van der Waals surface area contributed by atoms with Gasteiger partial charge in [-0.05, 0) is 63.4 Å². The zero-order valence-electron chi connectivity index (χ0n) is 11.9. The second-order valence-corrected chi connectivity index (χ2v) is 7.16. The first-order valence-corrected chi connectivity index (χ1v) is 8.81. The molecule has 0 atom stereocenters. The fraction of sp³-hybridized carbons (Fsp3) is 0.0588. The average molecular weight is 532 g/mol. The number of hydrogen-bond donors (Lipinski definition) is 0. The summed E-state index contributed by atoms with van der Waals surface area (Å²) in [6, 6.07) is 10.8. The van der Waals surface area contributed by atoms with Crippen LogP contribution in [-0.4, -0.2) is 11.8 Å². The molecule has 0 aliphatic rings. The lowest BCUT2D eigenvalue weighted by atomic mass is 10.0. The molecule has 0 amide bonds. The van der Waals surface area contributed by atoms with Gasteiger partial charge in [0, 0.05) is 17.9 Å². The van der Waals surface area contributed by atoms with Crippen molar-refractivity contribution < 1.29 is 18.7 Å². The minimum atomic E-state index is -0.388. The molecule has 3 rings (SSSR count). The summed E-state index contributed by atoms with van der Waals surface area (Å²) < 4.78 is 12.0. The van der Waals surface area contributed by atoms with E-state index >= 15 is 0 Å². The first-order valence-electron chi connectivity index (χ1n) is 6.66. The van der Waals surface area contributed by atoms with Crippen LogP contribution in [0.25, 0.3) is 11.0 Å². The van der Waals surface area contributed by atoms with E-state index in [9.17, 15) is 9.59 Å². The molecule has 0 spiro atoms. The first-order chi connectivity index (χ1) is 11.0. The normalized spacial score (nSPS) is 10.7. The number of benzene rings is 2. The smallest absolute Gasteiger partial charge is 0.308 e. The largest absolute Gasteiger partial charge is 0.464 e. The summed E-state index contributed by atoms with van der Waals surface area (Å²) in [4.78, 5) is 23.9. The quantitative estimate of drug-likeness (QED) is 0.211. The molecule has 2 aromatic carbocycles. The van der Waals surface area contributed by atoms with Crippen molar-refractivity contribution in [2.45, 2.75) is 6.92 Å². The first kappa shape index (κ1) is 16.4. The lowest BCUT2D eigenvalue weighted by molar-refractivity contribution is -0.132. The number of carbonyl (C=O) groups is 2. The lowest BCUT2D eigenvalue weighted by Gasteiger charge is -2.09. The van der Waals surface area contributed by atoms with E-state index in [0.717, 1.165) is 5.39 Å². The SMILES string of the molecule is CC(=O)Oc1c(I)cc(C(=O)c2coc3ccccc23)cc1I. The zero-order valence-corrected chi connectivity index (χ0v) is 16.2. The number of halogens is 2. The summed E-state index contributed by atoms with van der Waals surface area (Å²) in [7, 11) is 0. The molecule has 0 fully saturated rings. The summed E-state index contributed by atoms with van der Waals surface area (Å²) >= 11 is 4.11. The molecular weight excluding hydrogens is 522 g/mol. The third-order valence-corrected chi connectivity index (χ3v) is 4.83. The van der Waals surface area contributed by atoms with Gasteiger partial charge in [0.05, 0.1) is 12.7 Å². The number of ether oxygens (including phenoxy) is 1. The van der Waals surface area contributed by atoms with Crippen LogP contribution < -0.4 is 4.74 Å². The van der Waals surface area contributed by atoms with Crippen molar-refractivity contribution in [2.75, 3.05) is 0 Å². The van der Waals surface area contributed by atoms with E-state index in [1.807, 2.05) is 24.3 Å². The van der Waals surface area contributed by atoms with E-state index in [1.54, 1.807) is 12.1 Å². The van der Waals surface area contributed by atoms with Crippen LogP contribution >= 0.6 is 45.2 Å². The van der Waals surface area contributed by atoms with Gasteiger partial charge in [-0.1, -0.05) is 18.2 Å². The van der Waals surface area contributed by atoms with Gasteiger partial charge >= 0.3 is 5.97 Å². The number of ketones is 1. The van der Waals surface area contributed by atoms with Crippen LogP contribution in [0.5, 0.6) is 5.75 Å². The topological polar surface area (TPSA) is 56.5 Å². The summed E-state index contributed by atoms with van der Waals surface area (Å²) in [5, 5.41) is 0.784. The molecular formula is C17H10I2O4. The van der Waals surface area contributed by atoms with Crippen LogP contribution in [0.1, 0.15) is 22.8 Å². The Balaban J connectivity index is 2.05. The van der Waals surface area contributed by atoms with Crippen molar-refractivity contribution in [2.24, 2.45) is 0 Å². The summed E-state index contributed by atoms with van der Waals surface area (Å²) in [5.74, 6) is -0.0341. The van der Waals surface area contributed by atoms with Gasteiger partial charge in [-0.3, -0.25) is 9.59 Å². The zero-order chi connectivity index (χ0) is 16.6. The number of fused-ring (bicyclic) bond motifs is 1. The van der Waals surface area contributed by atoms with Crippen molar-refractivity contribution in [3.05, 3.63) is 60.9 Å². The van der Waals surface area contributed by atoms with Crippen LogP contribution in [0, 0.1) is 7.14 Å². The highest BCUT2D eigenvalue weighted by molar-refractivity contribution is 14.1. The highest BCUT2D eigenvalue weighted by Crippen LogP contribution is 2.31. The maximum Gasteiger partial charge on any atom is 0.308 e. The van der Waals surface area contributed by atoms with Crippen LogP contribution in [0.15, 0.2) is 47.1 Å². The van der Waals surface area contributed by atoms with Crippen molar-refractivity contribution in [3.63, 3.8) is 0 Å². The lowest BCUT2D eigenvalue weighted by Crippen LogP contribution is -2.07. The number of carbonyl (C=O) groups excluding carboxylic acids is 2. The van der Waals surface area contributed by atoms with E-state index in [-0.39, 0.29) is 11.8 Å². The Labute approximate surface area is 159 Å². The van der Waals surface area contributed by atoms with E-state index in [1.165, 1.54) is 13.2 Å². The van der Waals surface area contributed by atoms with Crippen LogP contribution in [-0.2, 0) is 4.79 Å². The van der Waals surface area contributed by atoms with Crippen molar-refractivity contribution in [1.29, 1.82) is 0 Å². The molecule has 6 heteroatoms. The molecule has 0 unspecified atom stereocenters. The van der Waals surface area contributed by atoms with E-state index < -0.39 is 0 Å². The minimum absolute atomic E-state index is 0.125. The third kappa shape index (κ3) is 3.27. The Hall–Kier alpha value is -1.42. The Morgan fingerprint density at radius 3 is 2.39 bits per heavy atom. The molecule has 116 valence electrons. The van der Waals surface area contributed by atoms with Crippen LogP contribution in [0.4, 0.5) is 0 Å². The van der Waals surface area contributed by atoms with Gasteiger partial charge in [-0.2, -0.15) is 0 Å². The minimum Gasteiger partial charge on any atom is -0.464 e. The number of hydrogen-bond acceptors (Lipinski definition) is 4. The molecule has 1 heterocycles. The molecule has 0 saturated carbocycles. The molecule has 3 aromatic rings. The van der Waals surface area contributed by atoms with Crippen molar-refractivity contribution in [3.8, 4) is 5.75 Å². The van der Waals surface area contributed by atoms with Crippen molar-refractivity contribution >= 4 is 67.9 Å². The van der Waals surface area contributed by atoms with Crippen LogP contribution in [0.2, 0.25) is 0 Å². The average Bonchev–Trinajstić information content (AvgIpc) is 2.93. The standard InChI is InChI=1S/C17H10I2O4/c1-9(20)23-17-13(18)6-10(7-14(17)19)16(21)12-8-22-15-5-3-2-4-11(12)15/h2-8H,1H3. The van der Waals surface area contributed by atoms with E-state index in [2.05, 4.69) is 45.2 Å². The summed E-state index contributed by atoms with van der Waals surface area (Å²) in [5.41, 5.74) is 1.73. The van der Waals surface area contributed by atoms with Gasteiger partial charge in [0.15, 0.2) is 11.5 Å². The monoisotopic (exact) mass is 532 g/mol. The molecule has 0 radical (unpaired) electrons. The van der Waals surface area contributed by atoms with Gasteiger partial charge in [0.25, 0.3) is 0 Å². The van der Waals surface area contributed by atoms with Gasteiger partial charge < -0.3 is 9.15 Å². The molecule has 0 saturated heterocycles. The Morgan fingerprint density at radius 2 is 1.74 bits per heavy atom.